The largest absolute Gasteiger partial charge is 0.373 e. The molecule has 0 amide bonds. The van der Waals surface area contributed by atoms with Crippen molar-refractivity contribution in [1.29, 1.82) is 0 Å². The minimum Gasteiger partial charge on any atom is -0.373 e. The molecule has 0 spiro atoms. The molecule has 0 aliphatic carbocycles. The Labute approximate surface area is 68.8 Å². The van der Waals surface area contributed by atoms with Crippen LogP contribution < -0.4 is 5.32 Å². The zero-order valence-electron chi connectivity index (χ0n) is 5.98. The van der Waals surface area contributed by atoms with Crippen LogP contribution in [0.4, 0.5) is 5.82 Å². The molecule has 0 radical (unpaired) electrons. The molecule has 1 aromatic rings. The van der Waals surface area contributed by atoms with Gasteiger partial charge in [0, 0.05) is 17.7 Å². The summed E-state index contributed by atoms with van der Waals surface area (Å²) in [5.74, 6) is 0.887. The first-order chi connectivity index (χ1) is 4.74. The van der Waals surface area contributed by atoms with Gasteiger partial charge in [0.1, 0.15) is 5.82 Å². The summed E-state index contributed by atoms with van der Waals surface area (Å²) in [6, 6.07) is 1.95. The highest BCUT2D eigenvalue weighted by Crippen LogP contribution is 2.17. The number of aryl methyl sites for hydroxylation is 1. The van der Waals surface area contributed by atoms with Crippen LogP contribution in [0.5, 0.6) is 0 Å². The van der Waals surface area contributed by atoms with E-state index in [0.29, 0.717) is 0 Å². The molecule has 1 N–H and O–H groups in total. The zero-order chi connectivity index (χ0) is 7.56. The van der Waals surface area contributed by atoms with Crippen LogP contribution in [-0.2, 0) is 0 Å². The summed E-state index contributed by atoms with van der Waals surface area (Å²) < 4.78 is 1.09. The zero-order valence-corrected chi connectivity index (χ0v) is 7.57. The molecule has 2 nitrogen and oxygen atoms in total. The third-order valence-corrected chi connectivity index (χ3v) is 2.15. The lowest BCUT2D eigenvalue weighted by Gasteiger charge is -2.00. The standard InChI is InChI=1S/C7H9BrN2/c1-5-4-10-7(9-2)3-6(5)8/h3-4H,1-2H3,(H,9,10). The van der Waals surface area contributed by atoms with Gasteiger partial charge in [-0.25, -0.2) is 4.98 Å². The van der Waals surface area contributed by atoms with Crippen LogP contribution in [0.15, 0.2) is 16.7 Å². The normalized spacial score (nSPS) is 9.50. The van der Waals surface area contributed by atoms with Gasteiger partial charge in [0.25, 0.3) is 0 Å². The minimum absolute atomic E-state index is 0.887. The average molecular weight is 201 g/mol. The molecule has 0 fully saturated rings. The second-order valence-corrected chi connectivity index (χ2v) is 2.92. The number of anilines is 1. The lowest BCUT2D eigenvalue weighted by molar-refractivity contribution is 1.23. The van der Waals surface area contributed by atoms with Crippen molar-refractivity contribution < 1.29 is 0 Å². The second-order valence-electron chi connectivity index (χ2n) is 2.07. The Balaban J connectivity index is 3.04. The number of halogens is 1. The molecule has 3 heteroatoms. The highest BCUT2D eigenvalue weighted by atomic mass is 79.9. The van der Waals surface area contributed by atoms with E-state index in [1.54, 1.807) is 0 Å². The molecule has 0 saturated carbocycles. The van der Waals surface area contributed by atoms with E-state index in [9.17, 15) is 0 Å². The van der Waals surface area contributed by atoms with Gasteiger partial charge in [-0.3, -0.25) is 0 Å². The fourth-order valence-electron chi connectivity index (χ4n) is 0.636. The highest BCUT2D eigenvalue weighted by molar-refractivity contribution is 9.10. The van der Waals surface area contributed by atoms with Crippen LogP contribution in [0.3, 0.4) is 0 Å². The Morgan fingerprint density at radius 1 is 1.60 bits per heavy atom. The SMILES string of the molecule is CNc1cc(Br)c(C)cn1. The second kappa shape index (κ2) is 3.01. The maximum Gasteiger partial charge on any atom is 0.126 e. The Kier molecular flexibility index (Phi) is 2.27. The Morgan fingerprint density at radius 2 is 2.30 bits per heavy atom. The smallest absolute Gasteiger partial charge is 0.126 e. The number of rotatable bonds is 1. The molecule has 1 heterocycles. The van der Waals surface area contributed by atoms with Gasteiger partial charge in [0.2, 0.25) is 0 Å². The number of hydrogen-bond acceptors (Lipinski definition) is 2. The van der Waals surface area contributed by atoms with Gasteiger partial charge in [-0.05, 0) is 18.6 Å². The van der Waals surface area contributed by atoms with E-state index < -0.39 is 0 Å². The summed E-state index contributed by atoms with van der Waals surface area (Å²) >= 11 is 3.41. The lowest BCUT2D eigenvalue weighted by Crippen LogP contribution is -1.91. The Bertz CT molecular complexity index is 235. The van der Waals surface area contributed by atoms with Gasteiger partial charge in [0.05, 0.1) is 0 Å². The first-order valence-electron chi connectivity index (χ1n) is 3.04. The van der Waals surface area contributed by atoms with Crippen molar-refractivity contribution >= 4 is 21.7 Å². The van der Waals surface area contributed by atoms with Gasteiger partial charge in [-0.2, -0.15) is 0 Å². The van der Waals surface area contributed by atoms with Crippen molar-refractivity contribution in [3.63, 3.8) is 0 Å². The van der Waals surface area contributed by atoms with Crippen LogP contribution in [-0.4, -0.2) is 12.0 Å². The van der Waals surface area contributed by atoms with E-state index in [-0.39, 0.29) is 0 Å². The van der Waals surface area contributed by atoms with E-state index >= 15 is 0 Å². The summed E-state index contributed by atoms with van der Waals surface area (Å²) in [6.07, 6.45) is 1.83. The van der Waals surface area contributed by atoms with Gasteiger partial charge in [0.15, 0.2) is 0 Å². The molecule has 1 rings (SSSR count). The number of hydrogen-bond donors (Lipinski definition) is 1. The van der Waals surface area contributed by atoms with Crippen LogP contribution >= 0.6 is 15.9 Å². The van der Waals surface area contributed by atoms with Crippen LogP contribution in [0.25, 0.3) is 0 Å². The van der Waals surface area contributed by atoms with Gasteiger partial charge in [-0.1, -0.05) is 15.9 Å². The molecule has 0 saturated heterocycles. The third kappa shape index (κ3) is 1.48. The number of aromatic nitrogens is 1. The van der Waals surface area contributed by atoms with Crippen molar-refractivity contribution in [3.8, 4) is 0 Å². The van der Waals surface area contributed by atoms with Crippen molar-refractivity contribution in [2.45, 2.75) is 6.92 Å². The topological polar surface area (TPSA) is 24.9 Å². The molecule has 54 valence electrons. The molecule has 0 aliphatic rings. The molecular weight excluding hydrogens is 192 g/mol. The Hall–Kier alpha value is -0.570. The molecule has 0 aliphatic heterocycles. The van der Waals surface area contributed by atoms with Gasteiger partial charge in [-0.15, -0.1) is 0 Å². The van der Waals surface area contributed by atoms with Crippen molar-refractivity contribution in [3.05, 3.63) is 22.3 Å². The van der Waals surface area contributed by atoms with Crippen LogP contribution in [0.2, 0.25) is 0 Å². The van der Waals surface area contributed by atoms with Crippen molar-refractivity contribution in [1.82, 2.24) is 4.98 Å². The summed E-state index contributed by atoms with van der Waals surface area (Å²) in [5.41, 5.74) is 1.15. The molecular formula is C7H9BrN2. The monoisotopic (exact) mass is 200 g/mol. The van der Waals surface area contributed by atoms with E-state index in [4.69, 9.17) is 0 Å². The molecule has 0 atom stereocenters. The van der Waals surface area contributed by atoms with E-state index in [1.165, 1.54) is 0 Å². The predicted octanol–water partition coefficient (Wildman–Crippen LogP) is 2.19. The summed E-state index contributed by atoms with van der Waals surface area (Å²) in [7, 11) is 1.85. The maximum absolute atomic E-state index is 4.12. The van der Waals surface area contributed by atoms with E-state index in [1.807, 2.05) is 26.2 Å². The van der Waals surface area contributed by atoms with Gasteiger partial charge >= 0.3 is 0 Å². The molecule has 0 bridgehead atoms. The lowest BCUT2D eigenvalue weighted by atomic mass is 10.3. The minimum atomic E-state index is 0.887. The fraction of sp³-hybridized carbons (Fsp3) is 0.286. The van der Waals surface area contributed by atoms with Crippen molar-refractivity contribution in [2.24, 2.45) is 0 Å². The molecule has 1 aromatic heterocycles. The molecule has 0 aromatic carbocycles. The van der Waals surface area contributed by atoms with Crippen LogP contribution in [0, 0.1) is 6.92 Å². The molecule has 0 unspecified atom stereocenters. The first-order valence-corrected chi connectivity index (χ1v) is 3.83. The van der Waals surface area contributed by atoms with E-state index in [2.05, 4.69) is 26.2 Å². The van der Waals surface area contributed by atoms with Crippen LogP contribution in [0.1, 0.15) is 5.56 Å². The average Bonchev–Trinajstić information content (AvgIpc) is 1.95. The fourth-order valence-corrected chi connectivity index (χ4v) is 0.955. The summed E-state index contributed by atoms with van der Waals surface area (Å²) in [4.78, 5) is 4.12. The number of nitrogens with one attached hydrogen (secondary N) is 1. The Morgan fingerprint density at radius 3 is 2.80 bits per heavy atom. The predicted molar refractivity (Wildman–Crippen MR) is 46.2 cm³/mol. The third-order valence-electron chi connectivity index (χ3n) is 1.29. The van der Waals surface area contributed by atoms with Gasteiger partial charge < -0.3 is 5.32 Å². The maximum atomic E-state index is 4.12. The number of pyridine rings is 1. The highest BCUT2D eigenvalue weighted by Gasteiger charge is 1.94. The quantitative estimate of drug-likeness (QED) is 0.753. The summed E-state index contributed by atoms with van der Waals surface area (Å²) in [5, 5.41) is 2.95. The first kappa shape index (κ1) is 7.54. The number of nitrogens with zero attached hydrogens (tertiary/aromatic N) is 1. The summed E-state index contributed by atoms with van der Waals surface area (Å²) in [6.45, 7) is 2.01. The van der Waals surface area contributed by atoms with E-state index in [0.717, 1.165) is 15.9 Å². The van der Waals surface area contributed by atoms with Crippen molar-refractivity contribution in [2.75, 3.05) is 12.4 Å². The molecule has 10 heavy (non-hydrogen) atoms.